The summed E-state index contributed by atoms with van der Waals surface area (Å²) in [4.78, 5) is 17.1. The molecule has 5 nitrogen and oxygen atoms in total. The number of allylic oxidation sites excluding steroid dienone is 3. The molecule has 22 heavy (non-hydrogen) atoms. The van der Waals surface area contributed by atoms with Gasteiger partial charge in [-0.05, 0) is 13.0 Å². The number of nitrogens with zero attached hydrogens (tertiary/aromatic N) is 3. The van der Waals surface area contributed by atoms with Crippen LogP contribution in [-0.2, 0) is 11.0 Å². The minimum Gasteiger partial charge on any atom is -0.481 e. The van der Waals surface area contributed by atoms with Gasteiger partial charge in [0.2, 0.25) is 5.82 Å². The summed E-state index contributed by atoms with van der Waals surface area (Å²) >= 11 is 0. The van der Waals surface area contributed by atoms with E-state index in [1.54, 1.807) is 13.0 Å². The second-order valence-corrected chi connectivity index (χ2v) is 4.28. The second kappa shape index (κ2) is 7.48. The number of rotatable bonds is 6. The minimum atomic E-state index is -4.61. The van der Waals surface area contributed by atoms with Gasteiger partial charge < -0.3 is 5.11 Å². The third kappa shape index (κ3) is 5.47. The monoisotopic (exact) mass is 314 g/mol. The fourth-order valence-corrected chi connectivity index (χ4v) is 1.49. The van der Waals surface area contributed by atoms with Crippen LogP contribution in [0.5, 0.6) is 0 Å². The summed E-state index contributed by atoms with van der Waals surface area (Å²) in [5.41, 5.74) is 0.560. The molecule has 0 aliphatic rings. The van der Waals surface area contributed by atoms with Crippen LogP contribution in [0.4, 0.5) is 13.2 Å². The first-order valence-electron chi connectivity index (χ1n) is 6.28. The molecule has 0 amide bonds. The number of aliphatic carboxylic acids is 1. The molecule has 0 aliphatic carbocycles. The molecule has 0 atom stereocenters. The Labute approximate surface area is 125 Å². The molecule has 1 heterocycles. The van der Waals surface area contributed by atoms with Crippen LogP contribution in [0.15, 0.2) is 30.6 Å². The Balaban J connectivity index is 2.89. The summed E-state index contributed by atoms with van der Waals surface area (Å²) in [6.07, 6.45) is 0.910. The normalized spacial score (nSPS) is 12.6. The van der Waals surface area contributed by atoms with Crippen LogP contribution in [-0.4, -0.2) is 38.9 Å². The summed E-state index contributed by atoms with van der Waals surface area (Å²) in [5.74, 6) is -2.17. The zero-order chi connectivity index (χ0) is 16.8. The van der Waals surface area contributed by atoms with Gasteiger partial charge in [0.1, 0.15) is 13.1 Å². The average Bonchev–Trinajstić information content (AvgIpc) is 2.45. The first kappa shape index (κ1) is 17.5. The first-order chi connectivity index (χ1) is 10.2. The van der Waals surface area contributed by atoms with Crippen molar-refractivity contribution in [3.05, 3.63) is 42.1 Å². The van der Waals surface area contributed by atoms with Crippen molar-refractivity contribution >= 4 is 18.3 Å². The standard InChI is InChI=1S/C14H14F3N3O2/c1-3-10(5-8-20(2)9-6-12(21)22)11-4-7-18-13(19-11)14(15,16)17/h3-5,7-8H,2,6,9H2,1H3/p+1/b8-5-,10-3+. The van der Waals surface area contributed by atoms with E-state index in [4.69, 9.17) is 5.11 Å². The van der Waals surface area contributed by atoms with Gasteiger partial charge in [-0.15, -0.1) is 0 Å². The molecule has 0 aliphatic heterocycles. The first-order valence-corrected chi connectivity index (χ1v) is 6.28. The lowest BCUT2D eigenvalue weighted by atomic mass is 10.1. The number of alkyl halides is 3. The van der Waals surface area contributed by atoms with Gasteiger partial charge in [0.05, 0.1) is 5.69 Å². The highest BCUT2D eigenvalue weighted by Gasteiger charge is 2.34. The van der Waals surface area contributed by atoms with E-state index in [-0.39, 0.29) is 18.7 Å². The van der Waals surface area contributed by atoms with Gasteiger partial charge in [-0.2, -0.15) is 13.2 Å². The molecular formula is C14H15F3N3O2+. The number of hydrogen-bond donors (Lipinski definition) is 1. The quantitative estimate of drug-likeness (QED) is 0.498. The molecule has 0 bridgehead atoms. The summed E-state index contributed by atoms with van der Waals surface area (Å²) in [7, 11) is 0. The van der Waals surface area contributed by atoms with Crippen molar-refractivity contribution in [3.8, 4) is 0 Å². The number of aromatic nitrogens is 2. The third-order valence-corrected chi connectivity index (χ3v) is 2.59. The lowest BCUT2D eigenvalue weighted by molar-refractivity contribution is -0.446. The van der Waals surface area contributed by atoms with E-state index in [2.05, 4.69) is 16.7 Å². The maximum absolute atomic E-state index is 12.6. The van der Waals surface area contributed by atoms with Gasteiger partial charge in [0.15, 0.2) is 12.7 Å². The van der Waals surface area contributed by atoms with Crippen molar-refractivity contribution in [3.63, 3.8) is 0 Å². The Morgan fingerprint density at radius 1 is 1.50 bits per heavy atom. The fraction of sp³-hybridized carbons (Fsp3) is 0.286. The van der Waals surface area contributed by atoms with Gasteiger partial charge in [0.25, 0.3) is 0 Å². The van der Waals surface area contributed by atoms with Crippen LogP contribution in [0.1, 0.15) is 24.9 Å². The van der Waals surface area contributed by atoms with Gasteiger partial charge in [-0.3, -0.25) is 4.79 Å². The predicted molar refractivity (Wildman–Crippen MR) is 74.3 cm³/mol. The second-order valence-electron chi connectivity index (χ2n) is 4.28. The van der Waals surface area contributed by atoms with E-state index in [1.807, 2.05) is 0 Å². The maximum Gasteiger partial charge on any atom is 0.451 e. The molecule has 8 heteroatoms. The van der Waals surface area contributed by atoms with Gasteiger partial charge in [-0.25, -0.2) is 14.5 Å². The Kier molecular flexibility index (Phi) is 5.97. The zero-order valence-electron chi connectivity index (χ0n) is 11.8. The summed E-state index contributed by atoms with van der Waals surface area (Å²) < 4.78 is 39.1. The molecule has 0 saturated carbocycles. The van der Waals surface area contributed by atoms with E-state index in [9.17, 15) is 18.0 Å². The molecule has 1 rings (SSSR count). The highest BCUT2D eigenvalue weighted by atomic mass is 19.4. The number of halogens is 3. The predicted octanol–water partition coefficient (Wildman–Crippen LogP) is 2.60. The van der Waals surface area contributed by atoms with E-state index in [0.717, 1.165) is 6.20 Å². The molecule has 118 valence electrons. The Morgan fingerprint density at radius 3 is 2.73 bits per heavy atom. The van der Waals surface area contributed by atoms with Crippen LogP contribution in [0.3, 0.4) is 0 Å². The largest absolute Gasteiger partial charge is 0.481 e. The number of carboxylic acid groups (broad SMARTS) is 1. The maximum atomic E-state index is 12.6. The van der Waals surface area contributed by atoms with Crippen LogP contribution >= 0.6 is 0 Å². The fourth-order valence-electron chi connectivity index (χ4n) is 1.49. The highest BCUT2D eigenvalue weighted by molar-refractivity contribution is 5.71. The zero-order valence-corrected chi connectivity index (χ0v) is 11.8. The molecule has 0 aromatic carbocycles. The van der Waals surface area contributed by atoms with Crippen molar-refractivity contribution in [2.45, 2.75) is 19.5 Å². The van der Waals surface area contributed by atoms with E-state index < -0.39 is 18.0 Å². The minimum absolute atomic E-state index is 0.0925. The van der Waals surface area contributed by atoms with Crippen LogP contribution in [0.25, 0.3) is 5.57 Å². The molecular weight excluding hydrogens is 299 g/mol. The lowest BCUT2D eigenvalue weighted by Crippen LogP contribution is -2.12. The van der Waals surface area contributed by atoms with Gasteiger partial charge >= 0.3 is 12.1 Å². The van der Waals surface area contributed by atoms with Crippen molar-refractivity contribution in [1.82, 2.24) is 9.97 Å². The van der Waals surface area contributed by atoms with Crippen molar-refractivity contribution in [1.29, 1.82) is 0 Å². The lowest BCUT2D eigenvalue weighted by Gasteiger charge is -2.06. The van der Waals surface area contributed by atoms with Crippen molar-refractivity contribution in [2.24, 2.45) is 0 Å². The van der Waals surface area contributed by atoms with Crippen LogP contribution < -0.4 is 0 Å². The molecule has 0 radical (unpaired) electrons. The molecule has 0 saturated heterocycles. The van der Waals surface area contributed by atoms with Gasteiger partial charge in [0, 0.05) is 17.8 Å². The van der Waals surface area contributed by atoms with Gasteiger partial charge in [-0.1, -0.05) is 6.08 Å². The van der Waals surface area contributed by atoms with E-state index >= 15 is 0 Å². The summed E-state index contributed by atoms with van der Waals surface area (Å²) in [6.45, 7) is 5.44. The molecule has 1 aromatic rings. The Bertz CT molecular complexity index is 622. The molecule has 0 unspecified atom stereocenters. The molecule has 1 N–H and O–H groups in total. The van der Waals surface area contributed by atoms with E-state index in [1.165, 1.54) is 22.9 Å². The number of carboxylic acids is 1. The SMILES string of the molecule is C=[N+](/C=C\C(=C/C)c1ccnc(C(F)(F)F)n1)CCC(=O)O. The van der Waals surface area contributed by atoms with Crippen molar-refractivity contribution < 1.29 is 27.6 Å². The summed E-state index contributed by atoms with van der Waals surface area (Å²) in [5, 5.41) is 8.56. The Morgan fingerprint density at radius 2 is 2.18 bits per heavy atom. The van der Waals surface area contributed by atoms with Crippen LogP contribution in [0.2, 0.25) is 0 Å². The van der Waals surface area contributed by atoms with Crippen molar-refractivity contribution in [2.75, 3.05) is 6.54 Å². The smallest absolute Gasteiger partial charge is 0.451 e. The number of hydrogen-bond acceptors (Lipinski definition) is 3. The topological polar surface area (TPSA) is 66.1 Å². The Hall–Kier alpha value is -2.51. The molecule has 0 spiro atoms. The average molecular weight is 314 g/mol. The molecule has 1 aromatic heterocycles. The number of carbonyl (C=O) groups is 1. The highest BCUT2D eigenvalue weighted by Crippen LogP contribution is 2.26. The van der Waals surface area contributed by atoms with E-state index in [0.29, 0.717) is 5.57 Å². The molecule has 0 fully saturated rings. The summed E-state index contributed by atoms with van der Waals surface area (Å²) in [6, 6.07) is 1.36. The van der Waals surface area contributed by atoms with Crippen LogP contribution in [0, 0.1) is 0 Å². The third-order valence-electron chi connectivity index (χ3n) is 2.59.